The molecule has 3 heteroatoms. The fraction of sp³-hybridized carbons (Fsp3) is 0.538. The molecule has 1 fully saturated rings. The Hall–Kier alpha value is -0.570. The molecule has 1 aromatic rings. The average Bonchev–Trinajstić information content (AvgIpc) is 2.97. The predicted molar refractivity (Wildman–Crippen MR) is 61.6 cm³/mol. The van der Waals surface area contributed by atoms with E-state index in [0.29, 0.717) is 12.1 Å². The summed E-state index contributed by atoms with van der Waals surface area (Å²) in [5, 5.41) is 0. The van der Waals surface area contributed by atoms with Crippen LogP contribution in [0.1, 0.15) is 18.0 Å². The monoisotopic (exact) mass is 241 g/mol. The van der Waals surface area contributed by atoms with Crippen LogP contribution in [0, 0.1) is 0 Å². The fourth-order valence-electron chi connectivity index (χ4n) is 2.03. The van der Waals surface area contributed by atoms with Gasteiger partial charge >= 0.3 is 0 Å². The number of halogens is 1. The summed E-state index contributed by atoms with van der Waals surface area (Å²) in [7, 11) is 6.75. The molecule has 90 valence electrons. The lowest BCUT2D eigenvalue weighted by Gasteiger charge is -2.34. The van der Waals surface area contributed by atoms with Crippen LogP contribution in [0.3, 0.4) is 0 Å². The van der Waals surface area contributed by atoms with Gasteiger partial charge in [0.25, 0.3) is 0 Å². The first kappa shape index (κ1) is 13.5. The Morgan fingerprint density at radius 1 is 1.25 bits per heavy atom. The number of quaternary nitrogens is 1. The SMILES string of the molecule is C[N+](C)(C)C(CC1CO1)c1ccccc1.[Cl-]. The number of benzene rings is 1. The summed E-state index contributed by atoms with van der Waals surface area (Å²) in [6.07, 6.45) is 1.63. The van der Waals surface area contributed by atoms with Gasteiger partial charge in [0.2, 0.25) is 0 Å². The molecule has 0 bridgehead atoms. The minimum atomic E-state index is 0. The van der Waals surface area contributed by atoms with Crippen LogP contribution in [-0.4, -0.2) is 38.3 Å². The van der Waals surface area contributed by atoms with E-state index in [4.69, 9.17) is 4.74 Å². The van der Waals surface area contributed by atoms with Gasteiger partial charge in [0.05, 0.1) is 33.9 Å². The molecule has 0 N–H and O–H groups in total. The van der Waals surface area contributed by atoms with Crippen molar-refractivity contribution in [2.24, 2.45) is 0 Å². The van der Waals surface area contributed by atoms with Crippen LogP contribution in [0.4, 0.5) is 0 Å². The molecule has 2 unspecified atom stereocenters. The topological polar surface area (TPSA) is 12.5 Å². The molecule has 2 nitrogen and oxygen atoms in total. The molecule has 0 spiro atoms. The number of nitrogens with zero attached hydrogens (tertiary/aromatic N) is 1. The summed E-state index contributed by atoms with van der Waals surface area (Å²) in [6, 6.07) is 11.3. The van der Waals surface area contributed by atoms with Crippen molar-refractivity contribution in [3.63, 3.8) is 0 Å². The maximum Gasteiger partial charge on any atom is 0.117 e. The molecule has 1 saturated heterocycles. The van der Waals surface area contributed by atoms with Crippen LogP contribution in [0.2, 0.25) is 0 Å². The van der Waals surface area contributed by atoms with Gasteiger partial charge in [-0.25, -0.2) is 0 Å². The van der Waals surface area contributed by atoms with Gasteiger partial charge in [-0.1, -0.05) is 30.3 Å². The molecule has 0 radical (unpaired) electrons. The van der Waals surface area contributed by atoms with E-state index in [0.717, 1.165) is 17.5 Å². The van der Waals surface area contributed by atoms with Gasteiger partial charge in [0, 0.05) is 12.0 Å². The Bertz CT molecular complexity index is 316. The van der Waals surface area contributed by atoms with E-state index in [1.807, 2.05) is 0 Å². The summed E-state index contributed by atoms with van der Waals surface area (Å²) in [6.45, 7) is 0.948. The molecule has 0 saturated carbocycles. The van der Waals surface area contributed by atoms with E-state index in [1.54, 1.807) is 0 Å². The highest BCUT2D eigenvalue weighted by Crippen LogP contribution is 2.32. The third-order valence-electron chi connectivity index (χ3n) is 3.01. The quantitative estimate of drug-likeness (QED) is 0.498. The van der Waals surface area contributed by atoms with Crippen LogP contribution in [0.15, 0.2) is 30.3 Å². The summed E-state index contributed by atoms with van der Waals surface area (Å²) >= 11 is 0. The maximum atomic E-state index is 5.35. The van der Waals surface area contributed by atoms with E-state index in [1.165, 1.54) is 5.56 Å². The van der Waals surface area contributed by atoms with E-state index >= 15 is 0 Å². The van der Waals surface area contributed by atoms with Crippen LogP contribution in [-0.2, 0) is 4.74 Å². The van der Waals surface area contributed by atoms with Crippen molar-refractivity contribution in [3.8, 4) is 0 Å². The minimum absolute atomic E-state index is 0. The third-order valence-corrected chi connectivity index (χ3v) is 3.01. The standard InChI is InChI=1S/C13H20NO.ClH/c1-14(2,3)13(9-12-10-15-12)11-7-5-4-6-8-11;/h4-8,12-13H,9-10H2,1-3H3;1H/q+1;/p-1. The molecule has 1 aliphatic rings. The second-order valence-corrected chi connectivity index (χ2v) is 5.23. The molecule has 0 aliphatic carbocycles. The van der Waals surface area contributed by atoms with Crippen molar-refractivity contribution >= 4 is 0 Å². The normalized spacial score (nSPS) is 21.1. The Morgan fingerprint density at radius 3 is 2.25 bits per heavy atom. The molecule has 2 atom stereocenters. The zero-order chi connectivity index (χ0) is 10.9. The highest BCUT2D eigenvalue weighted by molar-refractivity contribution is 5.17. The van der Waals surface area contributed by atoms with Crippen molar-refractivity contribution in [2.45, 2.75) is 18.6 Å². The molecular weight excluding hydrogens is 222 g/mol. The van der Waals surface area contributed by atoms with Gasteiger partial charge in [0.15, 0.2) is 0 Å². The molecule has 0 amide bonds. The average molecular weight is 242 g/mol. The predicted octanol–water partition coefficient (Wildman–Crippen LogP) is -0.773. The molecule has 1 aliphatic heterocycles. The number of hydrogen-bond acceptors (Lipinski definition) is 1. The highest BCUT2D eigenvalue weighted by atomic mass is 35.5. The zero-order valence-electron chi connectivity index (χ0n) is 10.2. The zero-order valence-corrected chi connectivity index (χ0v) is 10.9. The first-order valence-electron chi connectivity index (χ1n) is 5.55. The second-order valence-electron chi connectivity index (χ2n) is 5.23. The van der Waals surface area contributed by atoms with E-state index < -0.39 is 0 Å². The Balaban J connectivity index is 0.00000128. The minimum Gasteiger partial charge on any atom is -1.00 e. The Labute approximate surface area is 104 Å². The third kappa shape index (κ3) is 3.48. The highest BCUT2D eigenvalue weighted by Gasteiger charge is 2.34. The Morgan fingerprint density at radius 2 is 1.81 bits per heavy atom. The number of ether oxygens (including phenoxy) is 1. The van der Waals surface area contributed by atoms with E-state index in [-0.39, 0.29) is 12.4 Å². The van der Waals surface area contributed by atoms with Gasteiger partial charge in [-0.15, -0.1) is 0 Å². The maximum absolute atomic E-state index is 5.35. The molecule has 0 aromatic heterocycles. The van der Waals surface area contributed by atoms with Crippen molar-refractivity contribution < 1.29 is 21.6 Å². The van der Waals surface area contributed by atoms with Crippen LogP contribution in [0.5, 0.6) is 0 Å². The first-order valence-corrected chi connectivity index (χ1v) is 5.55. The lowest BCUT2D eigenvalue weighted by molar-refractivity contribution is -0.902. The second kappa shape index (κ2) is 5.17. The lowest BCUT2D eigenvalue weighted by atomic mass is 10.00. The van der Waals surface area contributed by atoms with Gasteiger partial charge in [-0.05, 0) is 0 Å². The van der Waals surface area contributed by atoms with E-state index in [9.17, 15) is 0 Å². The Kier molecular flexibility index (Phi) is 4.36. The lowest BCUT2D eigenvalue weighted by Crippen LogP contribution is -3.00. The fourth-order valence-corrected chi connectivity index (χ4v) is 2.03. The number of rotatable bonds is 4. The van der Waals surface area contributed by atoms with Gasteiger partial charge < -0.3 is 21.6 Å². The molecule has 1 heterocycles. The van der Waals surface area contributed by atoms with Crippen molar-refractivity contribution in [1.29, 1.82) is 0 Å². The van der Waals surface area contributed by atoms with Gasteiger partial charge in [-0.3, -0.25) is 0 Å². The van der Waals surface area contributed by atoms with Crippen molar-refractivity contribution in [2.75, 3.05) is 27.7 Å². The van der Waals surface area contributed by atoms with Crippen LogP contribution in [0.25, 0.3) is 0 Å². The van der Waals surface area contributed by atoms with E-state index in [2.05, 4.69) is 51.5 Å². The van der Waals surface area contributed by atoms with Crippen molar-refractivity contribution in [1.82, 2.24) is 0 Å². The first-order chi connectivity index (χ1) is 7.07. The number of hydrogen-bond donors (Lipinski definition) is 0. The molecule has 2 rings (SSSR count). The summed E-state index contributed by atoms with van der Waals surface area (Å²) in [4.78, 5) is 0. The summed E-state index contributed by atoms with van der Waals surface area (Å²) < 4.78 is 6.31. The number of epoxide rings is 1. The van der Waals surface area contributed by atoms with Crippen molar-refractivity contribution in [3.05, 3.63) is 35.9 Å². The molecule has 16 heavy (non-hydrogen) atoms. The van der Waals surface area contributed by atoms with Gasteiger partial charge in [-0.2, -0.15) is 0 Å². The molecular formula is C13H20ClNO. The summed E-state index contributed by atoms with van der Waals surface area (Å²) in [5.74, 6) is 0. The van der Waals surface area contributed by atoms with Crippen LogP contribution >= 0.6 is 0 Å². The van der Waals surface area contributed by atoms with Gasteiger partial charge in [0.1, 0.15) is 6.04 Å². The summed E-state index contributed by atoms with van der Waals surface area (Å²) in [5.41, 5.74) is 1.42. The smallest absolute Gasteiger partial charge is 0.117 e. The largest absolute Gasteiger partial charge is 1.00 e. The van der Waals surface area contributed by atoms with Crippen LogP contribution < -0.4 is 12.4 Å². The molecule has 1 aromatic carbocycles.